The SMILES string of the molecule is Cn1c2ccccc2c2c3ccc4c(c3ccc21)c1ccccc1n4-c1ccccc1.Cn1c2ccccc2c2c3ccc4c5ccccc5n(-c5ccccc5)c4c3ccc21.Cn1c2ccccc2c2c3ccccc3ccc21.Cn1c2ccccc2c2cc3ccccc3cc21.Cn1c2ccccc2c2ccc3c(ccc4c5ccccc5n(-c5ccccc5)c34)c21.Cn1c2ccccc2c2ccc3ccccc3c21. The van der Waals surface area contributed by atoms with Crippen LogP contribution in [0.5, 0.6) is 0 Å². The Morgan fingerprint density at radius 3 is 0.782 bits per heavy atom. The van der Waals surface area contributed by atoms with Crippen molar-refractivity contribution in [2.75, 3.05) is 0 Å². The van der Waals surface area contributed by atoms with Gasteiger partial charge in [-0.25, -0.2) is 0 Å². The Hall–Kier alpha value is -19.0. The molecule has 0 unspecified atom stereocenters. The first-order valence-electron chi connectivity index (χ1n) is 50.7. The zero-order chi connectivity index (χ0) is 97.9. The van der Waals surface area contributed by atoms with Crippen molar-refractivity contribution in [3.8, 4) is 17.1 Å². The van der Waals surface area contributed by atoms with Gasteiger partial charge in [-0.2, -0.15) is 0 Å². The first-order valence-corrected chi connectivity index (χ1v) is 50.7. The van der Waals surface area contributed by atoms with Gasteiger partial charge in [0.15, 0.2) is 0 Å². The van der Waals surface area contributed by atoms with Crippen LogP contribution in [-0.2, 0) is 42.3 Å². The third kappa shape index (κ3) is 13.4. The highest BCUT2D eigenvalue weighted by Gasteiger charge is 2.25. The van der Waals surface area contributed by atoms with Crippen LogP contribution in [0.4, 0.5) is 0 Å². The highest BCUT2D eigenvalue weighted by molar-refractivity contribution is 6.32. The molecular formula is C138H99N9. The van der Waals surface area contributed by atoms with Gasteiger partial charge in [-0.15, -0.1) is 0 Å². The standard InChI is InChI=1S/3C29H20N2.3C17H13N/c1-30-25-13-7-6-12-24(25)28-21-15-16-22-20-11-5-8-14-26(20)31(19-9-3-2-4-10-19)29(22)23(21)17-18-27(28)30;1-30-26-13-7-5-11-20(26)22-15-18-25-24(28(22)30)17-16-23-21-12-6-8-14-27(21)31(29(23)25)19-9-3-2-4-10-19;1-30-24-13-7-5-11-22(24)28-20-16-18-27-29(21(20)15-17-26(28)30)23-12-6-8-14-25(23)31(27)19-9-3-2-4-10-19;1-18-16-9-5-4-8-14(16)15-10-12-6-2-3-7-13(12)11-17(15)18;1-18-16-9-5-4-8-14(16)15-11-10-12-6-2-3-7-13(12)17(15)18;1-18-15-9-5-4-8-14(15)17-13-7-3-2-6-12(13)10-11-16(17)18/h3*2-18H,1H3;3*2-11H,1H3. The van der Waals surface area contributed by atoms with Crippen LogP contribution in [0.25, 0.3) is 278 Å². The number of nitrogens with zero attached hydrogens (tertiary/aromatic N) is 9. The predicted molar refractivity (Wildman–Crippen MR) is 631 cm³/mol. The smallest absolute Gasteiger partial charge is 0.0620 e. The maximum absolute atomic E-state index is 2.42. The number of aryl methyl sites for hydroxylation is 6. The number of aromatic nitrogens is 9. The van der Waals surface area contributed by atoms with E-state index in [0.29, 0.717) is 0 Å². The number of benzene rings is 24. The first-order chi connectivity index (χ1) is 72.5. The minimum absolute atomic E-state index is 1.19. The molecule has 0 N–H and O–H groups in total. The average Bonchev–Trinajstić information content (AvgIpc) is 1.43. The van der Waals surface area contributed by atoms with E-state index < -0.39 is 0 Å². The third-order valence-electron chi connectivity index (χ3n) is 31.5. The average molecular weight is 1880 g/mol. The molecule has 0 saturated heterocycles. The molecule has 33 aromatic rings. The number of fused-ring (bicyclic) bond motifs is 41. The number of para-hydroxylation sites is 12. The Balaban J connectivity index is 0.0000000867. The maximum atomic E-state index is 2.42. The second-order valence-corrected chi connectivity index (χ2v) is 39.2. The number of rotatable bonds is 3. The van der Waals surface area contributed by atoms with Crippen LogP contribution in [0.2, 0.25) is 0 Å². The van der Waals surface area contributed by atoms with E-state index in [-0.39, 0.29) is 0 Å². The summed E-state index contributed by atoms with van der Waals surface area (Å²) in [6.07, 6.45) is 0. The lowest BCUT2D eigenvalue weighted by atomic mass is 9.99. The molecular weight excluding hydrogens is 1780 g/mol. The van der Waals surface area contributed by atoms with E-state index >= 15 is 0 Å². The van der Waals surface area contributed by atoms with E-state index in [9.17, 15) is 0 Å². The Labute approximate surface area is 846 Å². The van der Waals surface area contributed by atoms with Gasteiger partial charge >= 0.3 is 0 Å². The molecule has 0 atom stereocenters. The molecule has 24 aromatic carbocycles. The van der Waals surface area contributed by atoms with Crippen LogP contribution in [0.3, 0.4) is 0 Å². The molecule has 147 heavy (non-hydrogen) atoms. The van der Waals surface area contributed by atoms with E-state index in [2.05, 4.69) is 575 Å². The van der Waals surface area contributed by atoms with Gasteiger partial charge in [0.2, 0.25) is 0 Å². The Bertz CT molecular complexity index is 11100. The highest BCUT2D eigenvalue weighted by atomic mass is 15.0. The maximum Gasteiger partial charge on any atom is 0.0620 e. The lowest BCUT2D eigenvalue weighted by Gasteiger charge is -2.11. The van der Waals surface area contributed by atoms with E-state index in [1.165, 1.54) is 278 Å². The van der Waals surface area contributed by atoms with Gasteiger partial charge in [0.25, 0.3) is 0 Å². The largest absolute Gasteiger partial charge is 0.344 e. The monoisotopic (exact) mass is 1880 g/mol. The Kier molecular flexibility index (Phi) is 20.1. The zero-order valence-electron chi connectivity index (χ0n) is 82.3. The summed E-state index contributed by atoms with van der Waals surface area (Å²) in [6.45, 7) is 0. The van der Waals surface area contributed by atoms with E-state index in [1.54, 1.807) is 0 Å². The topological polar surface area (TPSA) is 44.4 Å². The lowest BCUT2D eigenvalue weighted by Crippen LogP contribution is -1.94. The van der Waals surface area contributed by atoms with Crippen LogP contribution in [-0.4, -0.2) is 41.1 Å². The molecule has 0 saturated carbocycles. The summed E-state index contributed by atoms with van der Waals surface area (Å²) in [4.78, 5) is 0. The molecule has 33 rings (SSSR count). The van der Waals surface area contributed by atoms with Crippen molar-refractivity contribution in [3.05, 3.63) is 491 Å². The lowest BCUT2D eigenvalue weighted by molar-refractivity contribution is 1.01. The Morgan fingerprint density at radius 1 is 0.109 bits per heavy atom. The van der Waals surface area contributed by atoms with E-state index in [4.69, 9.17) is 0 Å². The molecule has 0 aliphatic carbocycles. The highest BCUT2D eigenvalue weighted by Crippen LogP contribution is 2.48. The van der Waals surface area contributed by atoms with E-state index in [0.717, 1.165) is 0 Å². The molecule has 0 radical (unpaired) electrons. The predicted octanol–water partition coefficient (Wildman–Crippen LogP) is 36.2. The summed E-state index contributed by atoms with van der Waals surface area (Å²) in [5.74, 6) is 0. The quantitative estimate of drug-likeness (QED) is 0.169. The molecule has 0 amide bonds. The van der Waals surface area contributed by atoms with Crippen molar-refractivity contribution in [3.63, 3.8) is 0 Å². The van der Waals surface area contributed by atoms with Crippen molar-refractivity contribution >= 4 is 261 Å². The second-order valence-electron chi connectivity index (χ2n) is 39.2. The van der Waals surface area contributed by atoms with Crippen molar-refractivity contribution < 1.29 is 0 Å². The molecule has 9 heteroatoms. The molecule has 9 heterocycles. The van der Waals surface area contributed by atoms with Crippen LogP contribution >= 0.6 is 0 Å². The Morgan fingerprint density at radius 2 is 0.333 bits per heavy atom. The molecule has 0 aliphatic rings. The summed E-state index contributed by atoms with van der Waals surface area (Å²) < 4.78 is 21.0. The fourth-order valence-electron chi connectivity index (χ4n) is 24.9. The summed E-state index contributed by atoms with van der Waals surface area (Å²) in [6, 6.07) is 177. The molecule has 0 aliphatic heterocycles. The third-order valence-corrected chi connectivity index (χ3v) is 31.5. The minimum Gasteiger partial charge on any atom is -0.344 e. The molecule has 0 fully saturated rings. The zero-order valence-corrected chi connectivity index (χ0v) is 82.3. The fourth-order valence-corrected chi connectivity index (χ4v) is 24.9. The van der Waals surface area contributed by atoms with Crippen molar-refractivity contribution in [2.24, 2.45) is 42.3 Å². The van der Waals surface area contributed by atoms with Crippen molar-refractivity contribution in [2.45, 2.75) is 0 Å². The first kappa shape index (κ1) is 86.0. The second kappa shape index (κ2) is 34.4. The molecule has 696 valence electrons. The van der Waals surface area contributed by atoms with Gasteiger partial charge < -0.3 is 41.1 Å². The molecule has 0 spiro atoms. The van der Waals surface area contributed by atoms with Crippen molar-refractivity contribution in [1.29, 1.82) is 0 Å². The summed E-state index contributed by atoms with van der Waals surface area (Å²) in [5.41, 5.74) is 26.6. The van der Waals surface area contributed by atoms with Crippen LogP contribution in [0, 0.1) is 0 Å². The summed E-state index contributed by atoms with van der Waals surface area (Å²) in [7, 11) is 12.9. The van der Waals surface area contributed by atoms with Gasteiger partial charge in [0.05, 0.1) is 44.1 Å². The van der Waals surface area contributed by atoms with Gasteiger partial charge in [0.1, 0.15) is 0 Å². The van der Waals surface area contributed by atoms with Gasteiger partial charge in [-0.05, 0) is 170 Å². The number of hydrogen-bond acceptors (Lipinski definition) is 0. The van der Waals surface area contributed by atoms with Crippen molar-refractivity contribution in [1.82, 2.24) is 41.1 Å². The summed E-state index contributed by atoms with van der Waals surface area (Å²) >= 11 is 0. The van der Waals surface area contributed by atoms with Crippen LogP contribution in [0.15, 0.2) is 491 Å². The van der Waals surface area contributed by atoms with Crippen LogP contribution < -0.4 is 0 Å². The van der Waals surface area contributed by atoms with E-state index in [1.807, 2.05) is 0 Å². The molecule has 0 bridgehead atoms. The van der Waals surface area contributed by atoms with Crippen LogP contribution in [0.1, 0.15) is 0 Å². The number of hydrogen-bond donors (Lipinski definition) is 0. The van der Waals surface area contributed by atoms with Gasteiger partial charge in [-0.3, -0.25) is 0 Å². The van der Waals surface area contributed by atoms with Gasteiger partial charge in [0, 0.05) is 233 Å². The minimum atomic E-state index is 1.19. The normalized spacial score (nSPS) is 11.9. The molecule has 9 nitrogen and oxygen atoms in total. The summed E-state index contributed by atoms with van der Waals surface area (Å²) in [5, 5.41) is 39.5. The van der Waals surface area contributed by atoms with Gasteiger partial charge in [-0.1, -0.05) is 364 Å². The fraction of sp³-hybridized carbons (Fsp3) is 0.0435. The molecule has 9 aromatic heterocycles.